The van der Waals surface area contributed by atoms with Gasteiger partial charge in [0.25, 0.3) is 0 Å². The molecular weight excluding hydrogens is 709 g/mol. The minimum atomic E-state index is 0.580. The number of para-hydroxylation sites is 2. The van der Waals surface area contributed by atoms with Gasteiger partial charge in [0, 0.05) is 54.4 Å². The van der Waals surface area contributed by atoms with Crippen molar-refractivity contribution in [1.29, 1.82) is 0 Å². The van der Waals surface area contributed by atoms with Gasteiger partial charge in [-0.15, -0.1) is 0 Å². The van der Waals surface area contributed by atoms with Crippen LogP contribution in [0.4, 0.5) is 0 Å². The first-order chi connectivity index (χ1) is 28.8. The quantitative estimate of drug-likeness (QED) is 0.176. The first kappa shape index (κ1) is 32.4. The first-order valence-electron chi connectivity index (χ1n) is 19.5. The number of aromatic nitrogens is 4. The summed E-state index contributed by atoms with van der Waals surface area (Å²) in [6.45, 7) is 0. The van der Waals surface area contributed by atoms with Gasteiger partial charge in [-0.25, -0.2) is 15.0 Å². The molecule has 0 radical (unpaired) electrons. The summed E-state index contributed by atoms with van der Waals surface area (Å²) in [5.41, 5.74) is 9.98. The van der Waals surface area contributed by atoms with Crippen LogP contribution >= 0.6 is 0 Å². The lowest BCUT2D eigenvalue weighted by atomic mass is 9.98. The molecule has 5 heteroatoms. The fourth-order valence-electron chi connectivity index (χ4n) is 8.76. The molecule has 0 bridgehead atoms. The SMILES string of the molecule is c1ccc(-c2ccc(-c3nc(-c4ccccc4)nc(-c4cc5c(-n6c7ccccc7c7ccc8ccccc8c76)cccc5c5oc6ccccc6c45)n3)cc2)cc1. The van der Waals surface area contributed by atoms with Crippen LogP contribution in [0.1, 0.15) is 0 Å². The zero-order valence-electron chi connectivity index (χ0n) is 31.2. The fourth-order valence-corrected chi connectivity index (χ4v) is 8.76. The van der Waals surface area contributed by atoms with Gasteiger partial charge in [0.05, 0.1) is 16.7 Å². The van der Waals surface area contributed by atoms with Crippen LogP contribution in [0.5, 0.6) is 0 Å². The zero-order valence-corrected chi connectivity index (χ0v) is 31.2. The minimum absolute atomic E-state index is 0.580. The number of furan rings is 1. The van der Waals surface area contributed by atoms with Gasteiger partial charge in [-0.1, -0.05) is 170 Å². The number of fused-ring (bicyclic) bond motifs is 10. The molecule has 0 spiro atoms. The summed E-state index contributed by atoms with van der Waals surface area (Å²) in [5.74, 6) is 1.79. The molecule has 0 unspecified atom stereocenters. The molecule has 0 atom stereocenters. The lowest BCUT2D eigenvalue weighted by Gasteiger charge is -2.15. The van der Waals surface area contributed by atoms with Gasteiger partial charge in [0.1, 0.15) is 11.2 Å². The van der Waals surface area contributed by atoms with E-state index in [-0.39, 0.29) is 0 Å². The number of hydrogen-bond acceptors (Lipinski definition) is 4. The highest BCUT2D eigenvalue weighted by molar-refractivity contribution is 6.23. The molecule has 3 aromatic heterocycles. The molecule has 0 aliphatic rings. The van der Waals surface area contributed by atoms with Crippen LogP contribution in [-0.4, -0.2) is 19.5 Å². The summed E-state index contributed by atoms with van der Waals surface area (Å²) in [6.07, 6.45) is 0. The molecule has 12 rings (SSSR count). The summed E-state index contributed by atoms with van der Waals surface area (Å²) < 4.78 is 9.28. The molecule has 3 heterocycles. The number of nitrogens with zero attached hydrogens (tertiary/aromatic N) is 4. The van der Waals surface area contributed by atoms with Crippen molar-refractivity contribution in [2.24, 2.45) is 0 Å². The normalized spacial score (nSPS) is 11.8. The van der Waals surface area contributed by atoms with E-state index >= 15 is 0 Å². The molecule has 0 fully saturated rings. The first-order valence-corrected chi connectivity index (χ1v) is 19.5. The highest BCUT2D eigenvalue weighted by atomic mass is 16.3. The molecule has 0 saturated carbocycles. The Morgan fingerprint density at radius 2 is 0.966 bits per heavy atom. The van der Waals surface area contributed by atoms with E-state index in [9.17, 15) is 0 Å². The van der Waals surface area contributed by atoms with Gasteiger partial charge in [-0.05, 0) is 40.8 Å². The molecule has 0 amide bonds. The van der Waals surface area contributed by atoms with E-state index in [1.54, 1.807) is 0 Å². The number of hydrogen-bond donors (Lipinski definition) is 0. The Kier molecular flexibility index (Phi) is 7.16. The maximum atomic E-state index is 6.85. The van der Waals surface area contributed by atoms with Crippen molar-refractivity contribution in [2.75, 3.05) is 0 Å². The predicted molar refractivity (Wildman–Crippen MR) is 238 cm³/mol. The Morgan fingerprint density at radius 3 is 1.76 bits per heavy atom. The molecule has 0 aliphatic carbocycles. The van der Waals surface area contributed by atoms with Gasteiger partial charge in [-0.2, -0.15) is 0 Å². The van der Waals surface area contributed by atoms with E-state index in [0.29, 0.717) is 17.5 Å². The van der Waals surface area contributed by atoms with Crippen LogP contribution in [-0.2, 0) is 0 Å². The molecular formula is C53H32N4O. The van der Waals surface area contributed by atoms with Gasteiger partial charge < -0.3 is 8.98 Å². The Hall–Kier alpha value is -7.89. The second-order valence-corrected chi connectivity index (χ2v) is 14.7. The van der Waals surface area contributed by atoms with Crippen LogP contribution in [0.15, 0.2) is 199 Å². The van der Waals surface area contributed by atoms with Crippen molar-refractivity contribution in [3.63, 3.8) is 0 Å². The van der Waals surface area contributed by atoms with Gasteiger partial charge in [0.2, 0.25) is 0 Å². The molecule has 0 saturated heterocycles. The summed E-state index contributed by atoms with van der Waals surface area (Å²) in [6, 6.07) is 67.9. The van der Waals surface area contributed by atoms with E-state index < -0.39 is 0 Å². The van der Waals surface area contributed by atoms with Crippen molar-refractivity contribution >= 4 is 65.3 Å². The Balaban J connectivity index is 1.17. The fraction of sp³-hybridized carbons (Fsp3) is 0. The van der Waals surface area contributed by atoms with E-state index in [1.807, 2.05) is 36.4 Å². The van der Waals surface area contributed by atoms with Crippen LogP contribution < -0.4 is 0 Å². The lowest BCUT2D eigenvalue weighted by molar-refractivity contribution is 0.672. The Morgan fingerprint density at radius 1 is 0.379 bits per heavy atom. The van der Waals surface area contributed by atoms with Crippen molar-refractivity contribution in [1.82, 2.24) is 19.5 Å². The van der Waals surface area contributed by atoms with E-state index in [0.717, 1.165) is 71.7 Å². The third-order valence-electron chi connectivity index (χ3n) is 11.4. The molecule has 58 heavy (non-hydrogen) atoms. The standard InChI is InChI=1S/C53H32N4O/c1-3-14-33(15-4-1)34-26-28-37(29-27-34)52-54-51(36-17-5-2-6-18-36)55-53(56-52)44-32-43-41(50-48(44)42-21-10-12-25-47(42)58-50)22-13-24-46(43)57-45-23-11-9-20-39(45)40-31-30-35-16-7-8-19-38(35)49(40)57/h1-32H. The predicted octanol–water partition coefficient (Wildman–Crippen LogP) is 13.8. The molecule has 5 nitrogen and oxygen atoms in total. The molecule has 12 aromatic rings. The second-order valence-electron chi connectivity index (χ2n) is 14.7. The van der Waals surface area contributed by atoms with Crippen LogP contribution in [0.3, 0.4) is 0 Å². The maximum absolute atomic E-state index is 6.85. The van der Waals surface area contributed by atoms with Gasteiger partial charge >= 0.3 is 0 Å². The van der Waals surface area contributed by atoms with Gasteiger partial charge in [-0.3, -0.25) is 0 Å². The summed E-state index contributed by atoms with van der Waals surface area (Å²) in [7, 11) is 0. The van der Waals surface area contributed by atoms with Crippen LogP contribution in [0.25, 0.3) is 116 Å². The third-order valence-corrected chi connectivity index (χ3v) is 11.4. The van der Waals surface area contributed by atoms with E-state index in [2.05, 4.69) is 162 Å². The van der Waals surface area contributed by atoms with Crippen molar-refractivity contribution in [3.8, 4) is 51.0 Å². The average Bonchev–Trinajstić information content (AvgIpc) is 3.86. The van der Waals surface area contributed by atoms with Crippen molar-refractivity contribution in [2.45, 2.75) is 0 Å². The Labute approximate surface area is 333 Å². The van der Waals surface area contributed by atoms with E-state index in [4.69, 9.17) is 19.4 Å². The monoisotopic (exact) mass is 740 g/mol. The highest BCUT2D eigenvalue weighted by Gasteiger charge is 2.23. The minimum Gasteiger partial charge on any atom is -0.455 e. The highest BCUT2D eigenvalue weighted by Crippen LogP contribution is 2.44. The molecule has 0 aliphatic heterocycles. The third kappa shape index (κ3) is 5.00. The largest absolute Gasteiger partial charge is 0.455 e. The molecule has 9 aromatic carbocycles. The van der Waals surface area contributed by atoms with E-state index in [1.165, 1.54) is 27.1 Å². The van der Waals surface area contributed by atoms with Crippen LogP contribution in [0, 0.1) is 0 Å². The smallest absolute Gasteiger partial charge is 0.164 e. The van der Waals surface area contributed by atoms with Gasteiger partial charge in [0.15, 0.2) is 17.5 Å². The van der Waals surface area contributed by atoms with Crippen LogP contribution in [0.2, 0.25) is 0 Å². The summed E-state index contributed by atoms with van der Waals surface area (Å²) in [5, 5.41) is 8.86. The number of rotatable bonds is 5. The average molecular weight is 741 g/mol. The maximum Gasteiger partial charge on any atom is 0.164 e. The number of benzene rings is 9. The zero-order chi connectivity index (χ0) is 38.2. The Bertz CT molecular complexity index is 3550. The lowest BCUT2D eigenvalue weighted by Crippen LogP contribution is -2.01. The molecule has 0 N–H and O–H groups in total. The second kappa shape index (κ2) is 12.8. The molecule has 270 valence electrons. The van der Waals surface area contributed by atoms with Crippen molar-refractivity contribution in [3.05, 3.63) is 194 Å². The topological polar surface area (TPSA) is 56.7 Å². The summed E-state index contributed by atoms with van der Waals surface area (Å²) in [4.78, 5) is 15.7. The van der Waals surface area contributed by atoms with Crippen molar-refractivity contribution < 1.29 is 4.42 Å². The summed E-state index contributed by atoms with van der Waals surface area (Å²) >= 11 is 0.